The normalized spacial score (nSPS) is 16.4. The first-order chi connectivity index (χ1) is 15.5. The summed E-state index contributed by atoms with van der Waals surface area (Å²) in [6, 6.07) is 11.7. The fourth-order valence-electron chi connectivity index (χ4n) is 3.84. The van der Waals surface area contributed by atoms with E-state index in [1.807, 2.05) is 19.2 Å². The van der Waals surface area contributed by atoms with Gasteiger partial charge < -0.3 is 9.72 Å². The van der Waals surface area contributed by atoms with Crippen LogP contribution in [0.3, 0.4) is 0 Å². The molecule has 9 heteroatoms. The number of nitrogens with one attached hydrogen (secondary N) is 2. The zero-order valence-corrected chi connectivity index (χ0v) is 17.6. The minimum absolute atomic E-state index is 0.0336. The van der Waals surface area contributed by atoms with Crippen LogP contribution in [-0.2, 0) is 15.7 Å². The second-order valence-electron chi connectivity index (χ2n) is 8.04. The monoisotopic (exact) mass is 456 g/mol. The standard InChI is InChI=1S/C24H19F3N2O4/c1-12(2)16(11-20-22(31)29-23(32)33-20)15-8-9-19(28-21(15)30)14-7-6-13-4-3-5-18(17(13)10-14)24(25,26)27/h3-12,16H,1-2H3,(H,28,30)(H,29,31,32)/b20-11-. The first kappa shape index (κ1) is 22.3. The molecule has 6 nitrogen and oxygen atoms in total. The van der Waals surface area contributed by atoms with Gasteiger partial charge >= 0.3 is 12.3 Å². The van der Waals surface area contributed by atoms with Gasteiger partial charge in [0, 0.05) is 17.2 Å². The van der Waals surface area contributed by atoms with E-state index in [0.717, 1.165) is 6.07 Å². The van der Waals surface area contributed by atoms with Crippen LogP contribution >= 0.6 is 0 Å². The lowest BCUT2D eigenvalue weighted by Crippen LogP contribution is -2.21. The first-order valence-corrected chi connectivity index (χ1v) is 10.1. The number of alkyl halides is 3. The summed E-state index contributed by atoms with van der Waals surface area (Å²) < 4.78 is 45.1. The lowest BCUT2D eigenvalue weighted by Gasteiger charge is -2.17. The second-order valence-corrected chi connectivity index (χ2v) is 8.04. The quantitative estimate of drug-likeness (QED) is 0.535. The van der Waals surface area contributed by atoms with Gasteiger partial charge in [0.1, 0.15) is 0 Å². The number of amides is 2. The molecule has 0 spiro atoms. The van der Waals surface area contributed by atoms with Crippen LogP contribution in [0.15, 0.2) is 65.2 Å². The Bertz CT molecular complexity index is 1360. The van der Waals surface area contributed by atoms with Gasteiger partial charge in [-0.2, -0.15) is 13.2 Å². The summed E-state index contributed by atoms with van der Waals surface area (Å²) in [7, 11) is 0. The number of aromatic nitrogens is 1. The average Bonchev–Trinajstić information content (AvgIpc) is 3.07. The highest BCUT2D eigenvalue weighted by atomic mass is 19.4. The minimum atomic E-state index is -4.51. The number of pyridine rings is 1. The van der Waals surface area contributed by atoms with Crippen molar-refractivity contribution in [1.82, 2.24) is 10.3 Å². The zero-order chi connectivity index (χ0) is 23.9. The van der Waals surface area contributed by atoms with Crippen molar-refractivity contribution in [3.8, 4) is 11.3 Å². The number of cyclic esters (lactones) is 1. The van der Waals surface area contributed by atoms with Crippen molar-refractivity contribution in [3.05, 3.63) is 81.8 Å². The van der Waals surface area contributed by atoms with Crippen LogP contribution in [0.2, 0.25) is 0 Å². The van der Waals surface area contributed by atoms with E-state index >= 15 is 0 Å². The summed E-state index contributed by atoms with van der Waals surface area (Å²) in [4.78, 5) is 38.7. The molecule has 33 heavy (non-hydrogen) atoms. The molecule has 2 N–H and O–H groups in total. The third-order valence-electron chi connectivity index (χ3n) is 5.49. The summed E-state index contributed by atoms with van der Waals surface area (Å²) >= 11 is 0. The van der Waals surface area contributed by atoms with Crippen LogP contribution in [0.5, 0.6) is 0 Å². The molecular weight excluding hydrogens is 437 g/mol. The van der Waals surface area contributed by atoms with Crippen LogP contribution in [0.4, 0.5) is 18.0 Å². The van der Waals surface area contributed by atoms with Gasteiger partial charge in [0.05, 0.1) is 5.56 Å². The molecule has 0 bridgehead atoms. The largest absolute Gasteiger partial charge is 0.419 e. The number of hydrogen-bond donors (Lipinski definition) is 2. The van der Waals surface area contributed by atoms with Crippen molar-refractivity contribution in [2.75, 3.05) is 0 Å². The van der Waals surface area contributed by atoms with Gasteiger partial charge in [-0.05, 0) is 46.5 Å². The molecule has 2 aromatic carbocycles. The number of benzene rings is 2. The number of fused-ring (bicyclic) bond motifs is 1. The lowest BCUT2D eigenvalue weighted by molar-refractivity contribution is -0.136. The number of ether oxygens (including phenoxy) is 1. The van der Waals surface area contributed by atoms with E-state index in [-0.39, 0.29) is 17.1 Å². The van der Waals surface area contributed by atoms with E-state index < -0.39 is 35.2 Å². The topological polar surface area (TPSA) is 88.3 Å². The highest BCUT2D eigenvalue weighted by molar-refractivity contribution is 6.07. The third-order valence-corrected chi connectivity index (χ3v) is 5.49. The van der Waals surface area contributed by atoms with Crippen LogP contribution < -0.4 is 10.9 Å². The van der Waals surface area contributed by atoms with Gasteiger partial charge in [0.25, 0.3) is 11.5 Å². The number of H-pyrrole nitrogens is 1. The summed E-state index contributed by atoms with van der Waals surface area (Å²) in [6.07, 6.45) is -3.98. The van der Waals surface area contributed by atoms with Crippen molar-refractivity contribution >= 4 is 22.8 Å². The molecule has 1 atom stereocenters. The SMILES string of the molecule is CC(C)C(/C=C1\OC(=O)NC1=O)c1ccc(-c2ccc3cccc(C(F)(F)F)c3c2)[nH]c1=O. The molecule has 1 unspecified atom stereocenters. The Balaban J connectivity index is 1.75. The number of hydrogen-bond acceptors (Lipinski definition) is 4. The maximum absolute atomic E-state index is 13.4. The molecule has 0 saturated carbocycles. The Labute approximate surface area is 186 Å². The van der Waals surface area contributed by atoms with Gasteiger partial charge in [-0.3, -0.25) is 14.9 Å². The van der Waals surface area contributed by atoms with Crippen molar-refractivity contribution < 1.29 is 27.5 Å². The molecule has 1 aliphatic heterocycles. The molecule has 0 aliphatic carbocycles. The first-order valence-electron chi connectivity index (χ1n) is 10.1. The molecule has 2 heterocycles. The van der Waals surface area contributed by atoms with Crippen molar-refractivity contribution in [2.45, 2.75) is 25.9 Å². The predicted molar refractivity (Wildman–Crippen MR) is 115 cm³/mol. The molecule has 170 valence electrons. The van der Waals surface area contributed by atoms with Crippen LogP contribution in [0.1, 0.15) is 30.9 Å². The fraction of sp³-hybridized carbons (Fsp3) is 0.208. The maximum Gasteiger partial charge on any atom is 0.419 e. The van der Waals surface area contributed by atoms with E-state index in [1.54, 1.807) is 30.3 Å². The minimum Gasteiger partial charge on any atom is -0.404 e. The molecule has 1 aliphatic rings. The van der Waals surface area contributed by atoms with Crippen molar-refractivity contribution in [3.63, 3.8) is 0 Å². The van der Waals surface area contributed by atoms with E-state index in [9.17, 15) is 27.6 Å². The smallest absolute Gasteiger partial charge is 0.404 e. The van der Waals surface area contributed by atoms with E-state index in [1.165, 1.54) is 18.2 Å². The maximum atomic E-state index is 13.4. The summed E-state index contributed by atoms with van der Waals surface area (Å²) in [5, 5.41) is 2.47. The Morgan fingerprint density at radius 3 is 2.36 bits per heavy atom. The lowest BCUT2D eigenvalue weighted by atomic mass is 9.88. The summed E-state index contributed by atoms with van der Waals surface area (Å²) in [5.74, 6) is -1.53. The Kier molecular flexibility index (Phi) is 5.57. The number of allylic oxidation sites excluding steroid dienone is 1. The van der Waals surface area contributed by atoms with Crippen molar-refractivity contribution in [1.29, 1.82) is 0 Å². The van der Waals surface area contributed by atoms with Crippen LogP contribution in [-0.4, -0.2) is 17.0 Å². The highest BCUT2D eigenvalue weighted by Gasteiger charge is 2.32. The predicted octanol–water partition coefficient (Wildman–Crippen LogP) is 5.10. The Morgan fingerprint density at radius 2 is 1.76 bits per heavy atom. The summed E-state index contributed by atoms with van der Waals surface area (Å²) in [5.41, 5.74) is -0.114. The van der Waals surface area contributed by atoms with Crippen molar-refractivity contribution in [2.24, 2.45) is 5.92 Å². The molecule has 4 rings (SSSR count). The third kappa shape index (κ3) is 4.39. The number of imide groups is 1. The summed E-state index contributed by atoms with van der Waals surface area (Å²) in [6.45, 7) is 3.68. The number of aromatic amines is 1. The second kappa shape index (κ2) is 8.23. The molecule has 2 amide bonds. The molecule has 0 radical (unpaired) electrons. The Hall–Kier alpha value is -3.88. The zero-order valence-electron chi connectivity index (χ0n) is 17.6. The number of rotatable bonds is 4. The molecule has 1 saturated heterocycles. The van der Waals surface area contributed by atoms with E-state index in [2.05, 4.69) is 4.98 Å². The molecular formula is C24H19F3N2O4. The average molecular weight is 456 g/mol. The van der Waals surface area contributed by atoms with Gasteiger partial charge in [-0.15, -0.1) is 0 Å². The van der Waals surface area contributed by atoms with Gasteiger partial charge in [-0.1, -0.05) is 44.2 Å². The molecule has 1 aromatic heterocycles. The van der Waals surface area contributed by atoms with Gasteiger partial charge in [-0.25, -0.2) is 4.79 Å². The molecule has 1 fully saturated rings. The fourth-order valence-corrected chi connectivity index (χ4v) is 3.84. The number of halogens is 3. The Morgan fingerprint density at radius 1 is 1.00 bits per heavy atom. The molecule has 3 aromatic rings. The van der Waals surface area contributed by atoms with Crippen LogP contribution in [0, 0.1) is 5.92 Å². The van der Waals surface area contributed by atoms with E-state index in [0.29, 0.717) is 22.2 Å². The number of carbonyl (C=O) groups excluding carboxylic acids is 2. The van der Waals surface area contributed by atoms with Crippen LogP contribution in [0.25, 0.3) is 22.0 Å². The van der Waals surface area contributed by atoms with Gasteiger partial charge in [0.2, 0.25) is 0 Å². The van der Waals surface area contributed by atoms with E-state index in [4.69, 9.17) is 4.74 Å². The number of carbonyl (C=O) groups is 2. The van der Waals surface area contributed by atoms with Gasteiger partial charge in [0.15, 0.2) is 5.76 Å². The highest BCUT2D eigenvalue weighted by Crippen LogP contribution is 2.36. The number of alkyl carbamates (subject to hydrolysis) is 1.